The quantitative estimate of drug-likeness (QED) is 0.432. The van der Waals surface area contributed by atoms with Crippen LogP contribution in [0.3, 0.4) is 0 Å². The number of hydrogen-bond acceptors (Lipinski definition) is 4. The van der Waals surface area contributed by atoms with Crippen LogP contribution in [0.15, 0.2) is 12.2 Å². The summed E-state index contributed by atoms with van der Waals surface area (Å²) in [6, 6.07) is 0. The maximum Gasteiger partial charge on any atom is 0.530 e. The van der Waals surface area contributed by atoms with Crippen LogP contribution in [-0.4, -0.2) is 49.6 Å². The van der Waals surface area contributed by atoms with Crippen molar-refractivity contribution in [1.29, 1.82) is 0 Å². The maximum absolute atomic E-state index is 11.3. The van der Waals surface area contributed by atoms with Gasteiger partial charge in [-0.05, 0) is 6.92 Å². The summed E-state index contributed by atoms with van der Waals surface area (Å²) in [6.07, 6.45) is 0. The van der Waals surface area contributed by atoms with E-state index in [9.17, 15) is 14.3 Å². The summed E-state index contributed by atoms with van der Waals surface area (Å²) in [5.74, 6) is -0.934. The Morgan fingerprint density at radius 1 is 1.44 bits per heavy atom. The molecule has 0 saturated heterocycles. The highest BCUT2D eigenvalue weighted by Crippen LogP contribution is 2.43. The maximum atomic E-state index is 11.3. The molecule has 0 bridgehead atoms. The molecule has 0 saturated carbocycles. The summed E-state index contributed by atoms with van der Waals surface area (Å²) in [5.41, 5.74) is 0.0458. The van der Waals surface area contributed by atoms with Crippen LogP contribution in [0.1, 0.15) is 6.92 Å². The van der Waals surface area contributed by atoms with E-state index in [0.29, 0.717) is 11.0 Å². The number of carbonyl (C=O) groups excluding carboxylic acids is 1. The van der Waals surface area contributed by atoms with Gasteiger partial charge in [-0.25, -0.2) is 9.36 Å². The fourth-order valence-corrected chi connectivity index (χ4v) is 1.37. The fourth-order valence-electron chi connectivity index (χ4n) is 0.639. The first kappa shape index (κ1) is 15.3. The standard InChI is InChI=1S/C9H18NO5P/c1-8(2)9(11)15-16(12,13)14-7-6-10(3,4)5/h1,6-7H2,2-5H3/p+1. The Morgan fingerprint density at radius 3 is 2.31 bits per heavy atom. The minimum absolute atomic E-state index is 0.0285. The third-order valence-electron chi connectivity index (χ3n) is 1.56. The lowest BCUT2D eigenvalue weighted by Gasteiger charge is -2.23. The van der Waals surface area contributed by atoms with Crippen molar-refractivity contribution in [3.05, 3.63) is 12.2 Å². The van der Waals surface area contributed by atoms with E-state index < -0.39 is 13.8 Å². The summed E-state index contributed by atoms with van der Waals surface area (Å²) in [5, 5.41) is 0. The first-order chi connectivity index (χ1) is 7.03. The highest BCUT2D eigenvalue weighted by Gasteiger charge is 2.27. The lowest BCUT2D eigenvalue weighted by Crippen LogP contribution is -2.37. The van der Waals surface area contributed by atoms with E-state index in [1.165, 1.54) is 6.92 Å². The Bertz CT molecular complexity index is 320. The van der Waals surface area contributed by atoms with Crippen molar-refractivity contribution in [2.75, 3.05) is 34.3 Å². The van der Waals surface area contributed by atoms with Crippen LogP contribution in [-0.2, 0) is 18.4 Å². The predicted molar refractivity (Wildman–Crippen MR) is 59.6 cm³/mol. The summed E-state index contributed by atoms with van der Waals surface area (Å²) >= 11 is 0. The van der Waals surface area contributed by atoms with E-state index in [1.54, 1.807) is 0 Å². The first-order valence-corrected chi connectivity index (χ1v) is 6.20. The SMILES string of the molecule is C=C(C)C(=O)OP(=O)(O)OCC[N+](C)(C)C. The molecule has 94 valence electrons. The highest BCUT2D eigenvalue weighted by atomic mass is 31.2. The largest absolute Gasteiger partial charge is 0.530 e. The van der Waals surface area contributed by atoms with Crippen LogP contribution < -0.4 is 0 Å². The van der Waals surface area contributed by atoms with Gasteiger partial charge in [-0.3, -0.25) is 9.42 Å². The zero-order chi connectivity index (χ0) is 13.0. The molecule has 1 atom stereocenters. The van der Waals surface area contributed by atoms with Gasteiger partial charge in [0, 0.05) is 5.57 Å². The normalized spacial score (nSPS) is 15.3. The highest BCUT2D eigenvalue weighted by molar-refractivity contribution is 7.48. The molecule has 0 aliphatic heterocycles. The van der Waals surface area contributed by atoms with Crippen molar-refractivity contribution < 1.29 is 27.8 Å². The molecular formula is C9H19NO5P+. The third-order valence-corrected chi connectivity index (χ3v) is 2.47. The molecule has 0 fully saturated rings. The zero-order valence-corrected chi connectivity index (χ0v) is 11.0. The molecule has 16 heavy (non-hydrogen) atoms. The van der Waals surface area contributed by atoms with Crippen LogP contribution >= 0.6 is 7.82 Å². The molecule has 0 rings (SSSR count). The molecule has 1 unspecified atom stereocenters. The van der Waals surface area contributed by atoms with E-state index in [2.05, 4.69) is 15.6 Å². The first-order valence-electron chi connectivity index (χ1n) is 4.71. The van der Waals surface area contributed by atoms with Crippen LogP contribution in [0.5, 0.6) is 0 Å². The molecule has 0 aromatic rings. The molecule has 0 radical (unpaired) electrons. The van der Waals surface area contributed by atoms with Gasteiger partial charge in [0.05, 0.1) is 21.1 Å². The molecule has 0 heterocycles. The van der Waals surface area contributed by atoms with Gasteiger partial charge in [0.2, 0.25) is 0 Å². The van der Waals surface area contributed by atoms with Gasteiger partial charge in [0.1, 0.15) is 13.2 Å². The van der Waals surface area contributed by atoms with Gasteiger partial charge < -0.3 is 9.01 Å². The van der Waals surface area contributed by atoms with E-state index >= 15 is 0 Å². The Hall–Kier alpha value is -0.680. The second-order valence-corrected chi connectivity index (χ2v) is 5.85. The molecular weight excluding hydrogens is 233 g/mol. The number of likely N-dealkylation sites (N-methyl/N-ethyl adjacent to an activating group) is 1. The number of quaternary nitrogens is 1. The summed E-state index contributed by atoms with van der Waals surface area (Å²) in [7, 11) is 1.42. The molecule has 0 aliphatic rings. The number of rotatable bonds is 6. The summed E-state index contributed by atoms with van der Waals surface area (Å²) in [4.78, 5) is 20.2. The van der Waals surface area contributed by atoms with Gasteiger partial charge in [0.15, 0.2) is 0 Å². The van der Waals surface area contributed by atoms with E-state index in [4.69, 9.17) is 0 Å². The Balaban J connectivity index is 4.12. The molecule has 1 N–H and O–H groups in total. The summed E-state index contributed by atoms with van der Waals surface area (Å²) in [6.45, 7) is 5.23. The molecule has 0 amide bonds. The average Bonchev–Trinajstić information content (AvgIpc) is 1.99. The van der Waals surface area contributed by atoms with Crippen molar-refractivity contribution in [2.45, 2.75) is 6.92 Å². The predicted octanol–water partition coefficient (Wildman–Crippen LogP) is 0.929. The van der Waals surface area contributed by atoms with E-state index in [0.717, 1.165) is 0 Å². The van der Waals surface area contributed by atoms with Gasteiger partial charge in [0.25, 0.3) is 0 Å². The Kier molecular flexibility index (Phi) is 5.35. The van der Waals surface area contributed by atoms with Crippen LogP contribution in [0.25, 0.3) is 0 Å². The number of carbonyl (C=O) groups is 1. The molecule has 0 aromatic heterocycles. The Labute approximate surface area is 95.7 Å². The fraction of sp³-hybridized carbons (Fsp3) is 0.667. The average molecular weight is 252 g/mol. The van der Waals surface area contributed by atoms with E-state index in [1.807, 2.05) is 21.1 Å². The van der Waals surface area contributed by atoms with Crippen molar-refractivity contribution in [3.8, 4) is 0 Å². The molecule has 0 aromatic carbocycles. The number of phosphoric ester groups is 1. The molecule has 0 spiro atoms. The lowest BCUT2D eigenvalue weighted by atomic mass is 10.4. The van der Waals surface area contributed by atoms with E-state index in [-0.39, 0.29) is 12.2 Å². The third kappa shape index (κ3) is 7.59. The monoisotopic (exact) mass is 252 g/mol. The minimum Gasteiger partial charge on any atom is -0.367 e. The van der Waals surface area contributed by atoms with Crippen molar-refractivity contribution in [1.82, 2.24) is 0 Å². The molecule has 7 heteroatoms. The van der Waals surface area contributed by atoms with Crippen LogP contribution in [0, 0.1) is 0 Å². The van der Waals surface area contributed by atoms with Crippen LogP contribution in [0.2, 0.25) is 0 Å². The van der Waals surface area contributed by atoms with Gasteiger partial charge >= 0.3 is 13.8 Å². The minimum atomic E-state index is -4.31. The van der Waals surface area contributed by atoms with Gasteiger partial charge in [-0.1, -0.05) is 6.58 Å². The number of phosphoric acid groups is 1. The second kappa shape index (κ2) is 5.59. The van der Waals surface area contributed by atoms with Crippen LogP contribution in [0.4, 0.5) is 0 Å². The lowest BCUT2D eigenvalue weighted by molar-refractivity contribution is -0.870. The number of hydrogen-bond donors (Lipinski definition) is 1. The summed E-state index contributed by atoms with van der Waals surface area (Å²) < 4.78 is 20.7. The zero-order valence-electron chi connectivity index (χ0n) is 10.1. The molecule has 6 nitrogen and oxygen atoms in total. The van der Waals surface area contributed by atoms with Crippen molar-refractivity contribution in [2.24, 2.45) is 0 Å². The second-order valence-electron chi connectivity index (χ2n) is 4.47. The van der Waals surface area contributed by atoms with Crippen molar-refractivity contribution in [3.63, 3.8) is 0 Å². The number of nitrogens with zero attached hydrogens (tertiary/aromatic N) is 1. The Morgan fingerprint density at radius 2 is 1.94 bits per heavy atom. The van der Waals surface area contributed by atoms with Gasteiger partial charge in [-0.15, -0.1) is 0 Å². The topological polar surface area (TPSA) is 72.8 Å². The van der Waals surface area contributed by atoms with Gasteiger partial charge in [-0.2, -0.15) is 0 Å². The van der Waals surface area contributed by atoms with Crippen molar-refractivity contribution >= 4 is 13.8 Å². The smallest absolute Gasteiger partial charge is 0.367 e. The molecule has 0 aliphatic carbocycles.